The van der Waals surface area contributed by atoms with E-state index < -0.39 is 16.7 Å². The van der Waals surface area contributed by atoms with Crippen molar-refractivity contribution in [1.29, 1.82) is 0 Å². The lowest BCUT2D eigenvalue weighted by atomic mass is 10.3. The fourth-order valence-corrected chi connectivity index (χ4v) is 1.31. The monoisotopic (exact) mass is 247 g/mol. The lowest BCUT2D eigenvalue weighted by Gasteiger charge is -2.02. The van der Waals surface area contributed by atoms with Crippen LogP contribution in [0.15, 0.2) is 40.8 Å². The van der Waals surface area contributed by atoms with Crippen molar-refractivity contribution in [2.45, 2.75) is 0 Å². The average Bonchev–Trinajstić information content (AvgIpc) is 2.81. The number of nitro groups is 1. The fourth-order valence-electron chi connectivity index (χ4n) is 1.31. The van der Waals surface area contributed by atoms with Crippen molar-refractivity contribution in [3.63, 3.8) is 0 Å². The summed E-state index contributed by atoms with van der Waals surface area (Å²) in [6.07, 6.45) is 0. The highest BCUT2D eigenvalue weighted by Gasteiger charge is 2.17. The van der Waals surface area contributed by atoms with Gasteiger partial charge in [0.15, 0.2) is 5.76 Å². The molecule has 0 aliphatic carbocycles. The van der Waals surface area contributed by atoms with Gasteiger partial charge >= 0.3 is 5.88 Å². The fraction of sp³-hybridized carbons (Fsp3) is 0. The molecule has 0 saturated heterocycles. The lowest BCUT2D eigenvalue weighted by Crippen LogP contribution is -2.10. The van der Waals surface area contributed by atoms with Gasteiger partial charge in [-0.15, -0.1) is 0 Å². The molecule has 1 heterocycles. The number of hydrogen-bond donors (Lipinski definition) is 2. The molecule has 0 unspecified atom stereocenters. The van der Waals surface area contributed by atoms with Crippen molar-refractivity contribution in [2.75, 3.05) is 11.1 Å². The SMILES string of the molecule is Nc1ccc(NC(=O)c2ccc([N+](=O)[O-])o2)cc1. The van der Waals surface area contributed by atoms with Gasteiger partial charge in [0.05, 0.1) is 6.07 Å². The minimum absolute atomic E-state index is 0.126. The minimum atomic E-state index is -0.708. The van der Waals surface area contributed by atoms with E-state index in [1.54, 1.807) is 24.3 Å². The number of anilines is 2. The molecule has 1 aromatic heterocycles. The molecular weight excluding hydrogens is 238 g/mol. The van der Waals surface area contributed by atoms with Crippen molar-refractivity contribution < 1.29 is 14.1 Å². The number of rotatable bonds is 3. The number of nitrogen functional groups attached to an aromatic ring is 1. The van der Waals surface area contributed by atoms with Gasteiger partial charge in [-0.1, -0.05) is 0 Å². The quantitative estimate of drug-likeness (QED) is 0.489. The van der Waals surface area contributed by atoms with E-state index in [9.17, 15) is 14.9 Å². The summed E-state index contributed by atoms with van der Waals surface area (Å²) in [5.74, 6) is -1.16. The van der Waals surface area contributed by atoms with E-state index >= 15 is 0 Å². The number of amides is 1. The number of benzene rings is 1. The summed E-state index contributed by atoms with van der Waals surface area (Å²) < 4.78 is 4.77. The molecule has 0 spiro atoms. The zero-order valence-corrected chi connectivity index (χ0v) is 9.12. The first-order valence-corrected chi connectivity index (χ1v) is 4.97. The molecule has 92 valence electrons. The van der Waals surface area contributed by atoms with Gasteiger partial charge in [0.2, 0.25) is 0 Å². The molecule has 7 nitrogen and oxygen atoms in total. The van der Waals surface area contributed by atoms with Crippen LogP contribution in [0.25, 0.3) is 0 Å². The smallest absolute Gasteiger partial charge is 0.399 e. The Morgan fingerprint density at radius 3 is 2.44 bits per heavy atom. The number of nitrogens with one attached hydrogen (secondary N) is 1. The number of nitrogens with two attached hydrogens (primary N) is 1. The second kappa shape index (κ2) is 4.58. The van der Waals surface area contributed by atoms with Crippen LogP contribution < -0.4 is 11.1 Å². The topological polar surface area (TPSA) is 111 Å². The summed E-state index contributed by atoms with van der Waals surface area (Å²) in [5.41, 5.74) is 6.59. The van der Waals surface area contributed by atoms with Crippen molar-refractivity contribution in [3.05, 3.63) is 52.3 Å². The third-order valence-corrected chi connectivity index (χ3v) is 2.16. The summed E-state index contributed by atoms with van der Waals surface area (Å²) >= 11 is 0. The Kier molecular flexibility index (Phi) is 2.96. The summed E-state index contributed by atoms with van der Waals surface area (Å²) in [6, 6.07) is 8.85. The van der Waals surface area contributed by atoms with E-state index in [1.165, 1.54) is 6.07 Å². The van der Waals surface area contributed by atoms with Gasteiger partial charge < -0.3 is 15.5 Å². The molecule has 0 atom stereocenters. The van der Waals surface area contributed by atoms with E-state index in [1.807, 2.05) is 0 Å². The molecule has 0 bridgehead atoms. The Bertz CT molecular complexity index is 589. The van der Waals surface area contributed by atoms with E-state index in [2.05, 4.69) is 5.32 Å². The molecule has 2 rings (SSSR count). The Balaban J connectivity index is 2.11. The second-order valence-corrected chi connectivity index (χ2v) is 3.47. The lowest BCUT2D eigenvalue weighted by molar-refractivity contribution is -0.402. The van der Waals surface area contributed by atoms with Crippen LogP contribution in [0.3, 0.4) is 0 Å². The van der Waals surface area contributed by atoms with Crippen molar-refractivity contribution in [3.8, 4) is 0 Å². The first kappa shape index (κ1) is 11.6. The normalized spacial score (nSPS) is 10.0. The van der Waals surface area contributed by atoms with Gasteiger partial charge in [-0.3, -0.25) is 14.9 Å². The Morgan fingerprint density at radius 1 is 1.22 bits per heavy atom. The van der Waals surface area contributed by atoms with Crippen molar-refractivity contribution in [2.24, 2.45) is 0 Å². The first-order chi connectivity index (χ1) is 8.56. The first-order valence-electron chi connectivity index (χ1n) is 4.97. The summed E-state index contributed by atoms with van der Waals surface area (Å²) in [4.78, 5) is 21.4. The van der Waals surface area contributed by atoms with Crippen LogP contribution >= 0.6 is 0 Å². The largest absolute Gasteiger partial charge is 0.433 e. The molecule has 0 saturated carbocycles. The van der Waals surface area contributed by atoms with E-state index in [-0.39, 0.29) is 5.76 Å². The van der Waals surface area contributed by atoms with Crippen LogP contribution in [0.2, 0.25) is 0 Å². The average molecular weight is 247 g/mol. The molecule has 1 aromatic carbocycles. The molecule has 1 amide bonds. The van der Waals surface area contributed by atoms with Gasteiger partial charge in [0.1, 0.15) is 4.92 Å². The van der Waals surface area contributed by atoms with Crippen LogP contribution in [-0.2, 0) is 0 Å². The number of nitrogens with zero attached hydrogens (tertiary/aromatic N) is 1. The van der Waals surface area contributed by atoms with Gasteiger partial charge in [-0.05, 0) is 30.3 Å². The maximum Gasteiger partial charge on any atom is 0.433 e. The zero-order valence-electron chi connectivity index (χ0n) is 9.12. The Hall–Kier alpha value is -2.83. The van der Waals surface area contributed by atoms with E-state index in [0.717, 1.165) is 6.07 Å². The highest BCUT2D eigenvalue weighted by Crippen LogP contribution is 2.17. The summed E-state index contributed by atoms with van der Waals surface area (Å²) in [6.45, 7) is 0. The highest BCUT2D eigenvalue weighted by atomic mass is 16.6. The van der Waals surface area contributed by atoms with Gasteiger partial charge in [0.25, 0.3) is 5.91 Å². The second-order valence-electron chi connectivity index (χ2n) is 3.47. The molecule has 18 heavy (non-hydrogen) atoms. The standard InChI is InChI=1S/C11H9N3O4/c12-7-1-3-8(4-2-7)13-11(15)9-5-6-10(18-9)14(16)17/h1-6H,12H2,(H,13,15). The minimum Gasteiger partial charge on any atom is -0.399 e. The Labute approximate surface area is 101 Å². The maximum atomic E-state index is 11.7. The molecular formula is C11H9N3O4. The number of carbonyl (C=O) groups is 1. The Morgan fingerprint density at radius 2 is 1.89 bits per heavy atom. The maximum absolute atomic E-state index is 11.7. The van der Waals surface area contributed by atoms with Crippen LogP contribution in [-0.4, -0.2) is 10.8 Å². The predicted molar refractivity (Wildman–Crippen MR) is 64.2 cm³/mol. The highest BCUT2D eigenvalue weighted by molar-refractivity contribution is 6.02. The number of hydrogen-bond acceptors (Lipinski definition) is 5. The third kappa shape index (κ3) is 2.46. The zero-order chi connectivity index (χ0) is 13.1. The van der Waals surface area contributed by atoms with Gasteiger partial charge in [-0.2, -0.15) is 0 Å². The van der Waals surface area contributed by atoms with E-state index in [4.69, 9.17) is 10.2 Å². The molecule has 0 radical (unpaired) electrons. The molecule has 3 N–H and O–H groups in total. The molecule has 0 fully saturated rings. The number of carbonyl (C=O) groups excluding carboxylic acids is 1. The molecule has 7 heteroatoms. The van der Waals surface area contributed by atoms with Crippen LogP contribution in [0.4, 0.5) is 17.3 Å². The van der Waals surface area contributed by atoms with Crippen molar-refractivity contribution >= 4 is 23.2 Å². The van der Waals surface area contributed by atoms with E-state index in [0.29, 0.717) is 11.4 Å². The molecule has 2 aromatic rings. The number of furan rings is 1. The predicted octanol–water partition coefficient (Wildman–Crippen LogP) is 2.02. The molecule has 0 aliphatic rings. The molecule has 0 aliphatic heterocycles. The summed E-state index contributed by atoms with van der Waals surface area (Å²) in [5, 5.41) is 12.9. The summed E-state index contributed by atoms with van der Waals surface area (Å²) in [7, 11) is 0. The van der Waals surface area contributed by atoms with Gasteiger partial charge in [-0.25, -0.2) is 0 Å². The van der Waals surface area contributed by atoms with Crippen LogP contribution in [0.5, 0.6) is 0 Å². The van der Waals surface area contributed by atoms with Crippen LogP contribution in [0, 0.1) is 10.1 Å². The van der Waals surface area contributed by atoms with Crippen LogP contribution in [0.1, 0.15) is 10.6 Å². The van der Waals surface area contributed by atoms with Crippen molar-refractivity contribution in [1.82, 2.24) is 0 Å². The third-order valence-electron chi connectivity index (χ3n) is 2.16. The van der Waals surface area contributed by atoms with Gasteiger partial charge in [0, 0.05) is 11.4 Å².